The summed E-state index contributed by atoms with van der Waals surface area (Å²) < 4.78 is 24.3. The monoisotopic (exact) mass is 457 g/mol. The quantitative estimate of drug-likeness (QED) is 0.482. The summed E-state index contributed by atoms with van der Waals surface area (Å²) in [6.07, 6.45) is 1.66. The summed E-state index contributed by atoms with van der Waals surface area (Å²) in [5, 5.41) is 2.56. The van der Waals surface area contributed by atoms with Gasteiger partial charge in [0, 0.05) is 18.8 Å². The lowest BCUT2D eigenvalue weighted by Gasteiger charge is -2.37. The second kappa shape index (κ2) is 9.70. The summed E-state index contributed by atoms with van der Waals surface area (Å²) in [4.78, 5) is 34.2. The predicted octanol–water partition coefficient (Wildman–Crippen LogP) is 3.38. The van der Waals surface area contributed by atoms with E-state index >= 15 is 0 Å². The number of esters is 1. The van der Waals surface area contributed by atoms with Crippen LogP contribution in [0.15, 0.2) is 64.3 Å². The lowest BCUT2D eigenvalue weighted by molar-refractivity contribution is -0.138. The van der Waals surface area contributed by atoms with Gasteiger partial charge in [0.15, 0.2) is 5.17 Å². The number of thioether (sulfide) groups is 1. The van der Waals surface area contributed by atoms with Crippen molar-refractivity contribution in [3.05, 3.63) is 70.7 Å². The zero-order valence-corrected chi connectivity index (χ0v) is 18.6. The smallest absolute Gasteiger partial charge is 0.338 e. The molecule has 3 aliphatic rings. The largest absolute Gasteiger partial charge is 0.458 e. The maximum atomic E-state index is 13.6. The number of ether oxygens (including phenoxy) is 2. The Morgan fingerprint density at radius 1 is 1.31 bits per heavy atom. The number of fused-ring (bicyclic) bond motifs is 1. The highest BCUT2D eigenvalue weighted by atomic mass is 32.2. The molecule has 0 N–H and O–H groups in total. The number of carbonyl (C=O) groups excluding carboxylic acids is 2. The van der Waals surface area contributed by atoms with Crippen LogP contribution in [-0.4, -0.2) is 59.8 Å². The van der Waals surface area contributed by atoms with Crippen molar-refractivity contribution >= 4 is 28.8 Å². The fourth-order valence-electron chi connectivity index (χ4n) is 3.88. The third-order valence-corrected chi connectivity index (χ3v) is 6.32. The first-order valence-electron chi connectivity index (χ1n) is 10.3. The Morgan fingerprint density at radius 2 is 2.03 bits per heavy atom. The average molecular weight is 458 g/mol. The standard InChI is InChI=1S/C23H24FN3O4S/c1-3-10-31-22(29)20-15(2)25-23-27(21(20)16-4-6-17(24)7-5-16)18(14-32-23)13-19(28)26-8-11-30-12-9-26/h3-7,14,21H,1,8-13H2,2H3/t21-/m1/s1. The number of halogens is 1. The molecular formula is C23H24FN3O4S. The molecule has 0 bridgehead atoms. The molecule has 1 atom stereocenters. The maximum Gasteiger partial charge on any atom is 0.338 e. The summed E-state index contributed by atoms with van der Waals surface area (Å²) in [6, 6.07) is 5.41. The normalized spacial score (nSPS) is 20.5. The summed E-state index contributed by atoms with van der Waals surface area (Å²) >= 11 is 1.40. The van der Waals surface area contributed by atoms with E-state index in [9.17, 15) is 14.0 Å². The zero-order chi connectivity index (χ0) is 22.7. The Kier molecular flexibility index (Phi) is 6.76. The van der Waals surface area contributed by atoms with Crippen LogP contribution in [0.4, 0.5) is 4.39 Å². The molecule has 1 fully saturated rings. The Morgan fingerprint density at radius 3 is 2.72 bits per heavy atom. The fraction of sp³-hybridized carbons (Fsp3) is 0.348. The van der Waals surface area contributed by atoms with Crippen molar-refractivity contribution < 1.29 is 23.5 Å². The Bertz CT molecular complexity index is 1010. The van der Waals surface area contributed by atoms with E-state index in [2.05, 4.69) is 11.6 Å². The van der Waals surface area contributed by atoms with Crippen molar-refractivity contribution in [2.24, 2.45) is 4.99 Å². The average Bonchev–Trinajstić information content (AvgIpc) is 3.19. The SMILES string of the molecule is C=CCOC(=O)C1=C(C)N=C2SC=C(CC(=O)N3CCOCC3)N2[C@@H]1c1ccc(F)cc1. The number of amides is 1. The summed E-state index contributed by atoms with van der Waals surface area (Å²) in [5.74, 6) is -0.902. The van der Waals surface area contributed by atoms with Crippen LogP contribution in [0.25, 0.3) is 0 Å². The molecule has 3 heterocycles. The van der Waals surface area contributed by atoms with E-state index in [4.69, 9.17) is 9.47 Å². The molecule has 0 radical (unpaired) electrons. The van der Waals surface area contributed by atoms with Crippen LogP contribution in [-0.2, 0) is 19.1 Å². The van der Waals surface area contributed by atoms with Crippen molar-refractivity contribution in [1.82, 2.24) is 9.80 Å². The van der Waals surface area contributed by atoms with Crippen LogP contribution >= 0.6 is 11.8 Å². The molecule has 9 heteroatoms. The van der Waals surface area contributed by atoms with E-state index < -0.39 is 12.0 Å². The first-order chi connectivity index (χ1) is 15.5. The van der Waals surface area contributed by atoms with Gasteiger partial charge in [-0.2, -0.15) is 0 Å². The molecule has 4 rings (SSSR count). The van der Waals surface area contributed by atoms with Crippen molar-refractivity contribution in [2.45, 2.75) is 19.4 Å². The molecule has 168 valence electrons. The summed E-state index contributed by atoms with van der Waals surface area (Å²) in [7, 11) is 0. The van der Waals surface area contributed by atoms with Crippen LogP contribution in [0.3, 0.4) is 0 Å². The van der Waals surface area contributed by atoms with Gasteiger partial charge in [-0.3, -0.25) is 4.79 Å². The number of amidine groups is 1. The third-order valence-electron chi connectivity index (χ3n) is 5.43. The van der Waals surface area contributed by atoms with Gasteiger partial charge in [-0.15, -0.1) is 0 Å². The molecule has 32 heavy (non-hydrogen) atoms. The first-order valence-corrected chi connectivity index (χ1v) is 11.2. The zero-order valence-electron chi connectivity index (χ0n) is 17.8. The van der Waals surface area contributed by atoms with Gasteiger partial charge in [0.05, 0.1) is 36.9 Å². The first kappa shape index (κ1) is 22.3. The molecule has 1 amide bonds. The van der Waals surface area contributed by atoms with Gasteiger partial charge < -0.3 is 19.3 Å². The molecule has 0 aromatic heterocycles. The van der Waals surface area contributed by atoms with Gasteiger partial charge in [0.25, 0.3) is 0 Å². The minimum Gasteiger partial charge on any atom is -0.458 e. The van der Waals surface area contributed by atoms with E-state index in [-0.39, 0.29) is 24.8 Å². The molecule has 0 saturated carbocycles. The van der Waals surface area contributed by atoms with Gasteiger partial charge >= 0.3 is 5.97 Å². The Hall–Kier alpha value is -2.91. The molecule has 3 aliphatic heterocycles. The second-order valence-electron chi connectivity index (χ2n) is 7.50. The number of allylic oxidation sites excluding steroid dienone is 1. The van der Waals surface area contributed by atoms with Gasteiger partial charge in [-0.25, -0.2) is 14.2 Å². The van der Waals surface area contributed by atoms with Crippen LogP contribution in [0, 0.1) is 5.82 Å². The van der Waals surface area contributed by atoms with Gasteiger partial charge in [0.1, 0.15) is 12.4 Å². The molecule has 1 saturated heterocycles. The maximum absolute atomic E-state index is 13.6. The van der Waals surface area contributed by atoms with Crippen molar-refractivity contribution in [3.8, 4) is 0 Å². The number of morpholine rings is 1. The second-order valence-corrected chi connectivity index (χ2v) is 8.34. The van der Waals surface area contributed by atoms with E-state index in [0.29, 0.717) is 48.3 Å². The number of aliphatic imine (C=N–C) groups is 1. The van der Waals surface area contributed by atoms with Gasteiger partial charge in [-0.05, 0) is 30.0 Å². The van der Waals surface area contributed by atoms with E-state index in [1.807, 2.05) is 10.3 Å². The molecule has 0 spiro atoms. The number of hydrogen-bond donors (Lipinski definition) is 0. The highest BCUT2D eigenvalue weighted by Gasteiger charge is 2.41. The van der Waals surface area contributed by atoms with Gasteiger partial charge in [0.2, 0.25) is 5.91 Å². The Balaban J connectivity index is 1.68. The highest BCUT2D eigenvalue weighted by molar-refractivity contribution is 8.16. The van der Waals surface area contributed by atoms with Crippen molar-refractivity contribution in [2.75, 3.05) is 32.9 Å². The van der Waals surface area contributed by atoms with Crippen LogP contribution in [0.1, 0.15) is 24.9 Å². The van der Waals surface area contributed by atoms with E-state index in [1.54, 1.807) is 24.0 Å². The van der Waals surface area contributed by atoms with E-state index in [1.165, 1.54) is 30.0 Å². The third kappa shape index (κ3) is 4.49. The number of carbonyl (C=O) groups is 2. The number of hydrogen-bond acceptors (Lipinski definition) is 7. The number of benzene rings is 1. The van der Waals surface area contributed by atoms with E-state index in [0.717, 1.165) is 5.70 Å². The molecule has 1 aromatic carbocycles. The predicted molar refractivity (Wildman–Crippen MR) is 120 cm³/mol. The topological polar surface area (TPSA) is 71.4 Å². The summed E-state index contributed by atoms with van der Waals surface area (Å²) in [5.41, 5.74) is 2.33. The molecule has 1 aromatic rings. The molecule has 0 unspecified atom stereocenters. The van der Waals surface area contributed by atoms with Crippen molar-refractivity contribution in [3.63, 3.8) is 0 Å². The summed E-state index contributed by atoms with van der Waals surface area (Å²) in [6.45, 7) is 7.56. The number of nitrogens with zero attached hydrogens (tertiary/aromatic N) is 3. The van der Waals surface area contributed by atoms with Crippen molar-refractivity contribution in [1.29, 1.82) is 0 Å². The lowest BCUT2D eigenvalue weighted by atomic mass is 9.94. The Labute approximate surface area is 190 Å². The molecule has 0 aliphatic carbocycles. The minimum absolute atomic E-state index is 0.0127. The lowest BCUT2D eigenvalue weighted by Crippen LogP contribution is -2.42. The van der Waals surface area contributed by atoms with Crippen LogP contribution in [0.2, 0.25) is 0 Å². The molecule has 7 nitrogen and oxygen atoms in total. The highest BCUT2D eigenvalue weighted by Crippen LogP contribution is 2.45. The van der Waals surface area contributed by atoms with Crippen LogP contribution in [0.5, 0.6) is 0 Å². The number of rotatable bonds is 6. The molecular weight excluding hydrogens is 433 g/mol. The van der Waals surface area contributed by atoms with Gasteiger partial charge in [-0.1, -0.05) is 36.5 Å². The fourth-order valence-corrected chi connectivity index (χ4v) is 4.85. The van der Waals surface area contributed by atoms with Crippen LogP contribution < -0.4 is 0 Å². The minimum atomic E-state index is -0.584.